The van der Waals surface area contributed by atoms with Crippen LogP contribution in [0.4, 0.5) is 18.9 Å². The number of fused-ring (bicyclic) bond motifs is 1. The van der Waals surface area contributed by atoms with Crippen LogP contribution in [0.15, 0.2) is 48.5 Å². The normalized spacial score (nSPS) is 19.8. The molecule has 1 aliphatic rings. The van der Waals surface area contributed by atoms with Crippen molar-refractivity contribution in [2.45, 2.75) is 25.2 Å². The van der Waals surface area contributed by atoms with Crippen molar-refractivity contribution in [1.29, 1.82) is 0 Å². The van der Waals surface area contributed by atoms with Crippen LogP contribution < -0.4 is 5.32 Å². The zero-order valence-corrected chi connectivity index (χ0v) is 13.1. The van der Waals surface area contributed by atoms with E-state index in [9.17, 15) is 22.8 Å². The minimum Gasteiger partial charge on any atom is -0.448 e. The van der Waals surface area contributed by atoms with Gasteiger partial charge >= 0.3 is 12.1 Å². The van der Waals surface area contributed by atoms with Gasteiger partial charge in [-0.3, -0.25) is 4.79 Å². The molecule has 0 aliphatic carbocycles. The highest BCUT2D eigenvalue weighted by Gasteiger charge is 2.38. The molecule has 2 atom stereocenters. The zero-order chi connectivity index (χ0) is 18.2. The Kier molecular flexibility index (Phi) is 4.24. The molecule has 25 heavy (non-hydrogen) atoms. The Morgan fingerprint density at radius 2 is 1.72 bits per heavy atom. The van der Waals surface area contributed by atoms with Crippen molar-refractivity contribution < 1.29 is 27.5 Å². The fourth-order valence-electron chi connectivity index (χ4n) is 2.77. The van der Waals surface area contributed by atoms with Gasteiger partial charge in [0.1, 0.15) is 0 Å². The van der Waals surface area contributed by atoms with Crippen LogP contribution in [-0.4, -0.2) is 17.9 Å². The van der Waals surface area contributed by atoms with Gasteiger partial charge in [0.05, 0.1) is 17.2 Å². The van der Waals surface area contributed by atoms with Gasteiger partial charge < -0.3 is 10.1 Å². The van der Waals surface area contributed by atoms with Crippen molar-refractivity contribution in [3.63, 3.8) is 0 Å². The molecule has 0 saturated carbocycles. The number of carbonyl (C=O) groups is 2. The Balaban J connectivity index is 1.94. The van der Waals surface area contributed by atoms with E-state index in [1.165, 1.54) is 19.1 Å². The highest BCUT2D eigenvalue weighted by Crippen LogP contribution is 2.34. The van der Waals surface area contributed by atoms with E-state index >= 15 is 0 Å². The topological polar surface area (TPSA) is 55.4 Å². The number of esters is 1. The quantitative estimate of drug-likeness (QED) is 0.852. The summed E-state index contributed by atoms with van der Waals surface area (Å²) in [7, 11) is 0. The van der Waals surface area contributed by atoms with Crippen LogP contribution in [0, 0.1) is 0 Å². The number of halogens is 3. The molecule has 0 aromatic heterocycles. The van der Waals surface area contributed by atoms with Crippen LogP contribution in [0.1, 0.15) is 34.5 Å². The summed E-state index contributed by atoms with van der Waals surface area (Å²) in [6.45, 7) is 1.30. The molecule has 1 N–H and O–H groups in total. The number of rotatable bonds is 3. The summed E-state index contributed by atoms with van der Waals surface area (Å²) in [6, 6.07) is 10.4. The van der Waals surface area contributed by atoms with Crippen molar-refractivity contribution in [2.24, 2.45) is 0 Å². The van der Waals surface area contributed by atoms with Gasteiger partial charge in [0, 0.05) is 5.69 Å². The van der Waals surface area contributed by atoms with Gasteiger partial charge in [-0.25, -0.2) is 4.79 Å². The van der Waals surface area contributed by atoms with E-state index in [-0.39, 0.29) is 5.78 Å². The van der Waals surface area contributed by atoms with Gasteiger partial charge in [0.15, 0.2) is 11.9 Å². The Bertz CT molecular complexity index is 815. The molecule has 2 aromatic rings. The minimum absolute atomic E-state index is 0.324. The van der Waals surface area contributed by atoms with Crippen molar-refractivity contribution in [1.82, 2.24) is 0 Å². The molecule has 0 fully saturated rings. The highest BCUT2D eigenvalue weighted by atomic mass is 19.4. The predicted octanol–water partition coefficient (Wildman–Crippen LogP) is 3.99. The average Bonchev–Trinajstić information content (AvgIpc) is 2.57. The Hall–Kier alpha value is -2.83. The monoisotopic (exact) mass is 349 g/mol. The fourth-order valence-corrected chi connectivity index (χ4v) is 2.77. The third-order valence-electron chi connectivity index (χ3n) is 3.99. The number of hydrogen-bond acceptors (Lipinski definition) is 4. The molecule has 0 radical (unpaired) electrons. The lowest BCUT2D eigenvalue weighted by Gasteiger charge is -2.32. The van der Waals surface area contributed by atoms with Crippen LogP contribution >= 0.6 is 0 Å². The largest absolute Gasteiger partial charge is 0.448 e. The van der Waals surface area contributed by atoms with Crippen LogP contribution in [0.25, 0.3) is 0 Å². The molecular weight excluding hydrogens is 335 g/mol. The maximum Gasteiger partial charge on any atom is 0.416 e. The summed E-state index contributed by atoms with van der Waals surface area (Å²) in [5, 5.41) is 3.00. The number of benzene rings is 2. The van der Waals surface area contributed by atoms with Gasteiger partial charge in [0.25, 0.3) is 0 Å². The van der Waals surface area contributed by atoms with Crippen LogP contribution in [0.5, 0.6) is 0 Å². The SMILES string of the molecule is CC(=O)[C@@H]1OC(=O)c2ccccc2[C@@H]1Nc1ccc(C(F)(F)F)cc1. The van der Waals surface area contributed by atoms with Gasteiger partial charge in [-0.2, -0.15) is 13.2 Å². The summed E-state index contributed by atoms with van der Waals surface area (Å²) in [5.41, 5.74) is 0.511. The van der Waals surface area contributed by atoms with Crippen molar-refractivity contribution >= 4 is 17.4 Å². The summed E-state index contributed by atoms with van der Waals surface area (Å²) in [6.07, 6.45) is -5.47. The lowest BCUT2D eigenvalue weighted by Crippen LogP contribution is -2.40. The van der Waals surface area contributed by atoms with Gasteiger partial charge in [-0.15, -0.1) is 0 Å². The number of carbonyl (C=O) groups excluding carboxylic acids is 2. The van der Waals surface area contributed by atoms with Crippen molar-refractivity contribution in [3.8, 4) is 0 Å². The maximum atomic E-state index is 12.7. The molecule has 130 valence electrons. The Labute approximate surface area is 141 Å². The maximum absolute atomic E-state index is 12.7. The molecule has 7 heteroatoms. The van der Waals surface area contributed by atoms with Crippen LogP contribution in [0.2, 0.25) is 0 Å². The number of nitrogens with one attached hydrogen (secondary N) is 1. The first kappa shape index (κ1) is 17.0. The van der Waals surface area contributed by atoms with Crippen LogP contribution in [0.3, 0.4) is 0 Å². The predicted molar refractivity (Wildman–Crippen MR) is 84.1 cm³/mol. The Morgan fingerprint density at radius 1 is 1.08 bits per heavy atom. The van der Waals surface area contributed by atoms with E-state index in [1.54, 1.807) is 24.3 Å². The van der Waals surface area contributed by atoms with E-state index in [1.807, 2.05) is 0 Å². The average molecular weight is 349 g/mol. The third-order valence-corrected chi connectivity index (χ3v) is 3.99. The molecule has 0 spiro atoms. The van der Waals surface area contributed by atoms with E-state index in [2.05, 4.69) is 5.32 Å². The highest BCUT2D eigenvalue weighted by molar-refractivity contribution is 5.96. The Morgan fingerprint density at radius 3 is 2.32 bits per heavy atom. The lowest BCUT2D eigenvalue weighted by molar-refractivity contribution is -0.137. The second kappa shape index (κ2) is 6.23. The summed E-state index contributed by atoms with van der Waals surface area (Å²) in [4.78, 5) is 23.9. The first-order chi connectivity index (χ1) is 11.8. The number of ether oxygens (including phenoxy) is 1. The standard InChI is InChI=1S/C18H14F3NO3/c1-10(23)16-15(13-4-2-3-5-14(13)17(24)25-16)22-12-8-6-11(7-9-12)18(19,20)21/h2-9,15-16,22H,1H3/t15-,16-/m0/s1. The van der Waals surface area contributed by atoms with Crippen molar-refractivity contribution in [3.05, 3.63) is 65.2 Å². The molecule has 3 rings (SSSR count). The van der Waals surface area contributed by atoms with Crippen LogP contribution in [-0.2, 0) is 15.7 Å². The number of Topliss-reactive ketones (excluding diaryl/α,β-unsaturated/α-hetero) is 1. The van der Waals surface area contributed by atoms with Gasteiger partial charge in [-0.05, 0) is 42.8 Å². The molecule has 0 saturated heterocycles. The third kappa shape index (κ3) is 3.35. The minimum atomic E-state index is -4.42. The summed E-state index contributed by atoms with van der Waals surface area (Å²) >= 11 is 0. The van der Waals surface area contributed by atoms with E-state index in [0.29, 0.717) is 16.8 Å². The van der Waals surface area contributed by atoms with Crippen molar-refractivity contribution in [2.75, 3.05) is 5.32 Å². The molecular formula is C18H14F3NO3. The summed E-state index contributed by atoms with van der Waals surface area (Å²) < 4.78 is 43.2. The number of hydrogen-bond donors (Lipinski definition) is 1. The van der Waals surface area contributed by atoms with Gasteiger partial charge in [0.2, 0.25) is 0 Å². The second-order valence-electron chi connectivity index (χ2n) is 5.72. The molecule has 1 aliphatic heterocycles. The molecule has 0 bridgehead atoms. The molecule has 0 unspecified atom stereocenters. The number of alkyl halides is 3. The number of anilines is 1. The smallest absolute Gasteiger partial charge is 0.416 e. The van der Waals surface area contributed by atoms with E-state index in [4.69, 9.17) is 4.74 Å². The fraction of sp³-hybridized carbons (Fsp3) is 0.222. The van der Waals surface area contributed by atoms with E-state index in [0.717, 1.165) is 12.1 Å². The van der Waals surface area contributed by atoms with E-state index < -0.39 is 29.9 Å². The molecule has 2 aromatic carbocycles. The zero-order valence-electron chi connectivity index (χ0n) is 13.1. The first-order valence-electron chi connectivity index (χ1n) is 7.51. The number of cyclic esters (lactones) is 1. The molecule has 1 heterocycles. The summed E-state index contributed by atoms with van der Waals surface area (Å²) in [5.74, 6) is -0.950. The lowest BCUT2D eigenvalue weighted by atomic mass is 9.91. The second-order valence-corrected chi connectivity index (χ2v) is 5.72. The molecule has 4 nitrogen and oxygen atoms in total. The van der Waals surface area contributed by atoms with Gasteiger partial charge in [-0.1, -0.05) is 18.2 Å². The first-order valence-corrected chi connectivity index (χ1v) is 7.51. The number of ketones is 1. The molecule has 0 amide bonds.